The zero-order valence-electron chi connectivity index (χ0n) is 13.0. The molecule has 0 aromatic heterocycles. The van der Waals surface area contributed by atoms with Gasteiger partial charge in [-0.25, -0.2) is 4.79 Å². The van der Waals surface area contributed by atoms with Crippen LogP contribution in [0.2, 0.25) is 0 Å². The Labute approximate surface area is 131 Å². The van der Waals surface area contributed by atoms with Crippen molar-refractivity contribution in [2.75, 3.05) is 7.11 Å². The van der Waals surface area contributed by atoms with E-state index >= 15 is 0 Å². The van der Waals surface area contributed by atoms with Gasteiger partial charge in [0.25, 0.3) is 0 Å². The van der Waals surface area contributed by atoms with Crippen molar-refractivity contribution in [1.29, 1.82) is 0 Å². The number of benzene rings is 1. The van der Waals surface area contributed by atoms with Crippen molar-refractivity contribution < 1.29 is 14.3 Å². The minimum absolute atomic E-state index is 0.0519. The Bertz CT molecular complexity index is 526. The molecule has 0 bridgehead atoms. The van der Waals surface area contributed by atoms with Gasteiger partial charge >= 0.3 is 5.97 Å². The van der Waals surface area contributed by atoms with E-state index in [0.29, 0.717) is 11.6 Å². The van der Waals surface area contributed by atoms with E-state index in [1.807, 2.05) is 0 Å². The summed E-state index contributed by atoms with van der Waals surface area (Å²) in [4.78, 5) is 23.3. The third-order valence-electron chi connectivity index (χ3n) is 3.96. The molecular formula is C18H23NO3. The van der Waals surface area contributed by atoms with Gasteiger partial charge in [-0.1, -0.05) is 37.8 Å². The molecule has 1 saturated carbocycles. The van der Waals surface area contributed by atoms with E-state index in [0.717, 1.165) is 18.4 Å². The van der Waals surface area contributed by atoms with Gasteiger partial charge in [-0.3, -0.25) is 4.79 Å². The molecular weight excluding hydrogens is 278 g/mol. The quantitative estimate of drug-likeness (QED) is 0.527. The van der Waals surface area contributed by atoms with Crippen molar-refractivity contribution in [3.63, 3.8) is 0 Å². The molecule has 1 aliphatic carbocycles. The largest absolute Gasteiger partial charge is 0.465 e. The summed E-state index contributed by atoms with van der Waals surface area (Å²) in [5.41, 5.74) is 1.38. The normalized spacial score (nSPS) is 16.2. The van der Waals surface area contributed by atoms with Gasteiger partial charge in [-0.2, -0.15) is 0 Å². The highest BCUT2D eigenvalue weighted by Gasteiger charge is 2.13. The molecule has 0 atom stereocenters. The van der Waals surface area contributed by atoms with Crippen molar-refractivity contribution >= 4 is 18.0 Å². The lowest BCUT2D eigenvalue weighted by Crippen LogP contribution is -2.33. The number of nitrogens with one attached hydrogen (secondary N) is 1. The molecule has 0 radical (unpaired) electrons. The topological polar surface area (TPSA) is 55.4 Å². The van der Waals surface area contributed by atoms with Crippen LogP contribution in [0, 0.1) is 0 Å². The molecule has 4 heteroatoms. The molecule has 22 heavy (non-hydrogen) atoms. The van der Waals surface area contributed by atoms with Crippen molar-refractivity contribution in [3.05, 3.63) is 41.5 Å². The lowest BCUT2D eigenvalue weighted by Gasteiger charge is -2.14. The lowest BCUT2D eigenvalue weighted by atomic mass is 10.1. The molecule has 1 fully saturated rings. The van der Waals surface area contributed by atoms with E-state index in [-0.39, 0.29) is 11.9 Å². The van der Waals surface area contributed by atoms with Crippen LogP contribution < -0.4 is 5.32 Å². The first-order valence-corrected chi connectivity index (χ1v) is 7.86. The number of carbonyl (C=O) groups excluding carboxylic acids is 2. The molecule has 1 N–H and O–H groups in total. The molecule has 2 rings (SSSR count). The van der Waals surface area contributed by atoms with Crippen LogP contribution in [-0.2, 0) is 9.53 Å². The summed E-state index contributed by atoms with van der Waals surface area (Å²) in [6, 6.07) is 7.27. The molecule has 4 nitrogen and oxygen atoms in total. The highest BCUT2D eigenvalue weighted by Crippen LogP contribution is 2.17. The van der Waals surface area contributed by atoms with Crippen molar-refractivity contribution in [2.45, 2.75) is 44.6 Å². The second-order valence-corrected chi connectivity index (χ2v) is 5.64. The molecule has 1 aromatic rings. The molecule has 0 aliphatic heterocycles. The smallest absolute Gasteiger partial charge is 0.337 e. The zero-order valence-corrected chi connectivity index (χ0v) is 13.0. The minimum atomic E-state index is -0.360. The Morgan fingerprint density at radius 2 is 1.73 bits per heavy atom. The van der Waals surface area contributed by atoms with Crippen LogP contribution in [0.5, 0.6) is 0 Å². The fourth-order valence-electron chi connectivity index (χ4n) is 2.69. The van der Waals surface area contributed by atoms with Crippen molar-refractivity contribution in [1.82, 2.24) is 5.32 Å². The minimum Gasteiger partial charge on any atom is -0.465 e. The molecule has 1 aromatic carbocycles. The first-order chi connectivity index (χ1) is 10.7. The third-order valence-corrected chi connectivity index (χ3v) is 3.96. The molecule has 1 aliphatic rings. The van der Waals surface area contributed by atoms with Crippen LogP contribution in [0.1, 0.15) is 54.4 Å². The Hall–Kier alpha value is -2.10. The van der Waals surface area contributed by atoms with E-state index in [2.05, 4.69) is 10.1 Å². The van der Waals surface area contributed by atoms with E-state index < -0.39 is 0 Å². The van der Waals surface area contributed by atoms with Gasteiger partial charge in [-0.15, -0.1) is 0 Å². The van der Waals surface area contributed by atoms with E-state index in [1.54, 1.807) is 36.4 Å². The van der Waals surface area contributed by atoms with Gasteiger partial charge in [0.2, 0.25) is 5.91 Å². The SMILES string of the molecule is COC(=O)c1ccc(/C=C/C(=O)NC2CCCCCC2)cc1. The summed E-state index contributed by atoms with van der Waals surface area (Å²) < 4.78 is 4.65. The molecule has 0 saturated heterocycles. The summed E-state index contributed by atoms with van der Waals surface area (Å²) in [7, 11) is 1.36. The van der Waals surface area contributed by atoms with Gasteiger partial charge < -0.3 is 10.1 Å². The van der Waals surface area contributed by atoms with Gasteiger partial charge in [0.05, 0.1) is 12.7 Å². The highest BCUT2D eigenvalue weighted by molar-refractivity contribution is 5.92. The summed E-state index contributed by atoms with van der Waals surface area (Å²) in [6.45, 7) is 0. The van der Waals surface area contributed by atoms with Gasteiger partial charge in [0.1, 0.15) is 0 Å². The van der Waals surface area contributed by atoms with E-state index in [9.17, 15) is 9.59 Å². The second-order valence-electron chi connectivity index (χ2n) is 5.64. The van der Waals surface area contributed by atoms with E-state index in [1.165, 1.54) is 32.8 Å². The second kappa shape index (κ2) is 8.37. The van der Waals surface area contributed by atoms with Crippen LogP contribution in [-0.4, -0.2) is 25.0 Å². The Balaban J connectivity index is 1.87. The Kier molecular flexibility index (Phi) is 6.19. The molecule has 0 spiro atoms. The number of carbonyl (C=O) groups is 2. The van der Waals surface area contributed by atoms with Crippen LogP contribution in [0.4, 0.5) is 0 Å². The van der Waals surface area contributed by atoms with Crippen LogP contribution in [0.3, 0.4) is 0 Å². The number of rotatable bonds is 4. The lowest BCUT2D eigenvalue weighted by molar-refractivity contribution is -0.117. The number of esters is 1. The highest BCUT2D eigenvalue weighted by atomic mass is 16.5. The van der Waals surface area contributed by atoms with Crippen molar-refractivity contribution in [2.24, 2.45) is 0 Å². The number of hydrogen-bond acceptors (Lipinski definition) is 3. The predicted molar refractivity (Wildman–Crippen MR) is 86.4 cm³/mol. The zero-order chi connectivity index (χ0) is 15.8. The summed E-state index contributed by atoms with van der Waals surface area (Å²) in [6.07, 6.45) is 10.4. The summed E-state index contributed by atoms with van der Waals surface area (Å²) >= 11 is 0. The Morgan fingerprint density at radius 3 is 2.32 bits per heavy atom. The average molecular weight is 301 g/mol. The molecule has 118 valence electrons. The Morgan fingerprint density at radius 1 is 1.09 bits per heavy atom. The maximum atomic E-state index is 11.9. The standard InChI is InChI=1S/C18H23NO3/c1-22-18(21)15-11-8-14(9-12-15)10-13-17(20)19-16-6-4-2-3-5-7-16/h8-13,16H,2-7H2,1H3,(H,19,20)/b13-10+. The maximum Gasteiger partial charge on any atom is 0.337 e. The fraction of sp³-hybridized carbons (Fsp3) is 0.444. The fourth-order valence-corrected chi connectivity index (χ4v) is 2.69. The molecule has 1 amide bonds. The predicted octanol–water partition coefficient (Wildman–Crippen LogP) is 3.33. The molecule has 0 heterocycles. The molecule has 0 unspecified atom stereocenters. The average Bonchev–Trinajstić information content (AvgIpc) is 2.81. The maximum absolute atomic E-state index is 11.9. The van der Waals surface area contributed by atoms with Crippen LogP contribution in [0.25, 0.3) is 6.08 Å². The van der Waals surface area contributed by atoms with Gasteiger partial charge in [0.15, 0.2) is 0 Å². The number of methoxy groups -OCH3 is 1. The summed E-state index contributed by atoms with van der Waals surface area (Å²) in [5.74, 6) is -0.411. The summed E-state index contributed by atoms with van der Waals surface area (Å²) in [5, 5.41) is 3.07. The third kappa shape index (κ3) is 5.02. The monoisotopic (exact) mass is 301 g/mol. The van der Waals surface area contributed by atoms with E-state index in [4.69, 9.17) is 0 Å². The van der Waals surface area contributed by atoms with Crippen molar-refractivity contribution in [3.8, 4) is 0 Å². The van der Waals surface area contributed by atoms with Gasteiger partial charge in [-0.05, 0) is 36.6 Å². The number of ether oxygens (including phenoxy) is 1. The number of amides is 1. The number of hydrogen-bond donors (Lipinski definition) is 1. The first kappa shape index (κ1) is 16.3. The first-order valence-electron chi connectivity index (χ1n) is 7.86. The van der Waals surface area contributed by atoms with Gasteiger partial charge in [0, 0.05) is 12.1 Å². The van der Waals surface area contributed by atoms with Crippen LogP contribution >= 0.6 is 0 Å². The van der Waals surface area contributed by atoms with Crippen LogP contribution in [0.15, 0.2) is 30.3 Å².